The lowest BCUT2D eigenvalue weighted by atomic mass is 10.1. The number of methoxy groups -OCH3 is 1. The molecule has 1 aliphatic heterocycles. The van der Waals surface area contributed by atoms with Crippen LogP contribution in [-0.2, 0) is 37.5 Å². The number of ether oxygens (including phenoxy) is 1. The van der Waals surface area contributed by atoms with Crippen molar-refractivity contribution in [3.63, 3.8) is 0 Å². The fraction of sp³-hybridized carbons (Fsp3) is 0.290. The molecule has 3 amide bonds. The molecule has 3 aromatic carbocycles. The minimum absolute atomic E-state index is 0.0633. The van der Waals surface area contributed by atoms with Gasteiger partial charge >= 0.3 is 0 Å². The molecule has 0 radical (unpaired) electrons. The topological polar surface area (TPSA) is 184 Å². The monoisotopic (exact) mass is 620 g/mol. The van der Waals surface area contributed by atoms with E-state index in [-0.39, 0.29) is 30.4 Å². The van der Waals surface area contributed by atoms with Gasteiger partial charge in [0.25, 0.3) is 0 Å². The minimum Gasteiger partial charge on any atom is -0.497 e. The van der Waals surface area contributed by atoms with Gasteiger partial charge in [0.2, 0.25) is 27.7 Å². The molecule has 0 saturated carbocycles. The number of nitrogen functional groups attached to an aromatic ring is 1. The Morgan fingerprint density at radius 3 is 2.23 bits per heavy atom. The molecular formula is C31H36N6O6S. The average Bonchev–Trinajstić information content (AvgIpc) is 3.53. The number of amides is 3. The molecular weight excluding hydrogens is 584 g/mol. The van der Waals surface area contributed by atoms with E-state index in [1.165, 1.54) is 36.3 Å². The summed E-state index contributed by atoms with van der Waals surface area (Å²) >= 11 is 0. The van der Waals surface area contributed by atoms with Crippen LogP contribution in [-0.4, -0.2) is 62.6 Å². The van der Waals surface area contributed by atoms with Crippen molar-refractivity contribution < 1.29 is 27.5 Å². The molecule has 2 atom stereocenters. The second-order valence-electron chi connectivity index (χ2n) is 10.3. The summed E-state index contributed by atoms with van der Waals surface area (Å²) in [5.41, 5.74) is 7.68. The van der Waals surface area contributed by atoms with E-state index >= 15 is 0 Å². The lowest BCUT2D eigenvalue weighted by Gasteiger charge is -2.28. The molecule has 1 saturated heterocycles. The largest absolute Gasteiger partial charge is 0.497 e. The number of benzene rings is 3. The van der Waals surface area contributed by atoms with Crippen molar-refractivity contribution in [3.8, 4) is 5.75 Å². The number of sulfonamides is 1. The minimum atomic E-state index is -4.22. The van der Waals surface area contributed by atoms with Crippen molar-refractivity contribution in [2.45, 2.75) is 49.3 Å². The average molecular weight is 621 g/mol. The van der Waals surface area contributed by atoms with Crippen LogP contribution in [0.3, 0.4) is 0 Å². The third kappa shape index (κ3) is 8.42. The molecule has 0 aromatic heterocycles. The summed E-state index contributed by atoms with van der Waals surface area (Å²) in [5.74, 6) is -1.19. The van der Waals surface area contributed by atoms with Crippen molar-refractivity contribution in [3.05, 3.63) is 95.6 Å². The predicted octanol–water partition coefficient (Wildman–Crippen LogP) is 1.64. The lowest BCUT2D eigenvalue weighted by Crippen LogP contribution is -2.54. The third-order valence-electron chi connectivity index (χ3n) is 7.26. The highest BCUT2D eigenvalue weighted by Crippen LogP contribution is 2.21. The molecule has 3 aromatic rings. The van der Waals surface area contributed by atoms with Crippen LogP contribution in [0.2, 0.25) is 0 Å². The van der Waals surface area contributed by atoms with Crippen molar-refractivity contribution in [1.82, 2.24) is 20.3 Å². The zero-order valence-electron chi connectivity index (χ0n) is 24.3. The van der Waals surface area contributed by atoms with Crippen LogP contribution in [0, 0.1) is 5.41 Å². The summed E-state index contributed by atoms with van der Waals surface area (Å²) in [6.07, 6.45) is 0.461. The maximum atomic E-state index is 13.8. The normalized spacial score (nSPS) is 15.3. The zero-order valence-corrected chi connectivity index (χ0v) is 25.1. The molecule has 232 valence electrons. The number of carbonyl (C=O) groups is 3. The summed E-state index contributed by atoms with van der Waals surface area (Å²) in [4.78, 5) is 41.2. The molecule has 4 rings (SSSR count). The molecule has 0 aliphatic carbocycles. The van der Waals surface area contributed by atoms with Crippen LogP contribution in [0.15, 0.2) is 83.8 Å². The number of hydrogen-bond donors (Lipinski definition) is 5. The van der Waals surface area contributed by atoms with Crippen LogP contribution in [0.1, 0.15) is 36.0 Å². The fourth-order valence-corrected chi connectivity index (χ4v) is 6.05. The zero-order chi connectivity index (χ0) is 31.7. The first-order valence-corrected chi connectivity index (χ1v) is 15.5. The molecule has 0 spiro atoms. The number of amidine groups is 1. The van der Waals surface area contributed by atoms with Gasteiger partial charge in [-0.15, -0.1) is 0 Å². The number of rotatable bonds is 13. The quantitative estimate of drug-likeness (QED) is 0.142. The van der Waals surface area contributed by atoms with Crippen LogP contribution in [0.25, 0.3) is 0 Å². The van der Waals surface area contributed by atoms with Crippen LogP contribution >= 0.6 is 0 Å². The molecule has 1 aliphatic rings. The maximum absolute atomic E-state index is 13.8. The van der Waals surface area contributed by atoms with Gasteiger partial charge in [-0.1, -0.05) is 54.6 Å². The standard InChI is InChI=1S/C31H36N6O6S/c1-43-24-13-15-25(16-14-24)44(41,42)36-26(18-28(38)34-19-21-6-3-2-4-7-21)31(40)37-17-5-8-27(37)30(39)35-20-22-9-11-23(12-10-22)29(32)33/h2-4,6-7,9-16,26-27,36H,5,8,17-20H2,1H3,(H3,32,33)(H,34,38)(H,35,39)/t26-,27-/m0/s1. The predicted molar refractivity (Wildman–Crippen MR) is 164 cm³/mol. The first-order chi connectivity index (χ1) is 21.1. The summed E-state index contributed by atoms with van der Waals surface area (Å²) in [6.45, 7) is 0.621. The molecule has 13 heteroatoms. The second-order valence-corrected chi connectivity index (χ2v) is 12.0. The van der Waals surface area contributed by atoms with Gasteiger partial charge in [0.05, 0.1) is 18.4 Å². The molecule has 6 N–H and O–H groups in total. The van der Waals surface area contributed by atoms with E-state index in [0.717, 1.165) is 11.1 Å². The summed E-state index contributed by atoms with van der Waals surface area (Å²) < 4.78 is 34.1. The first kappa shape index (κ1) is 32.2. The van der Waals surface area contributed by atoms with E-state index in [1.807, 2.05) is 30.3 Å². The van der Waals surface area contributed by atoms with Gasteiger partial charge in [-0.25, -0.2) is 8.42 Å². The SMILES string of the molecule is COc1ccc(S(=O)(=O)N[C@@H](CC(=O)NCc2ccccc2)C(=O)N2CCC[C@H]2C(=O)NCc2ccc(C(=N)N)cc2)cc1. The summed E-state index contributed by atoms with van der Waals surface area (Å²) in [5, 5.41) is 13.1. The van der Waals surface area contributed by atoms with E-state index in [9.17, 15) is 22.8 Å². The molecule has 1 heterocycles. The van der Waals surface area contributed by atoms with Gasteiger partial charge in [-0.05, 0) is 48.2 Å². The van der Waals surface area contributed by atoms with Crippen molar-refractivity contribution >= 4 is 33.6 Å². The Kier molecular flexibility index (Phi) is 10.7. The Morgan fingerprint density at radius 2 is 1.59 bits per heavy atom. The fourth-order valence-electron chi connectivity index (χ4n) is 4.86. The highest BCUT2D eigenvalue weighted by atomic mass is 32.2. The van der Waals surface area contributed by atoms with E-state index in [1.54, 1.807) is 24.3 Å². The Labute approximate surface area is 256 Å². The van der Waals surface area contributed by atoms with Gasteiger partial charge in [0, 0.05) is 25.2 Å². The van der Waals surface area contributed by atoms with Gasteiger partial charge in [0.1, 0.15) is 23.7 Å². The molecule has 12 nitrogen and oxygen atoms in total. The molecule has 0 bridgehead atoms. The Bertz CT molecular complexity index is 1580. The summed E-state index contributed by atoms with van der Waals surface area (Å²) in [6, 6.07) is 19.4. The van der Waals surface area contributed by atoms with Crippen LogP contribution < -0.4 is 25.8 Å². The van der Waals surface area contributed by atoms with Crippen molar-refractivity contribution in [2.24, 2.45) is 5.73 Å². The second kappa shape index (κ2) is 14.6. The molecule has 1 fully saturated rings. The smallest absolute Gasteiger partial charge is 0.243 e. The highest BCUT2D eigenvalue weighted by molar-refractivity contribution is 7.89. The Hall–Kier alpha value is -4.75. The van der Waals surface area contributed by atoms with Gasteiger partial charge in [0.15, 0.2) is 0 Å². The van der Waals surface area contributed by atoms with Crippen molar-refractivity contribution in [2.75, 3.05) is 13.7 Å². The first-order valence-electron chi connectivity index (χ1n) is 14.1. The molecule has 44 heavy (non-hydrogen) atoms. The van der Waals surface area contributed by atoms with E-state index in [2.05, 4.69) is 15.4 Å². The van der Waals surface area contributed by atoms with E-state index in [0.29, 0.717) is 24.2 Å². The Balaban J connectivity index is 1.48. The number of hydrogen-bond acceptors (Lipinski definition) is 7. The highest BCUT2D eigenvalue weighted by Gasteiger charge is 2.39. The van der Waals surface area contributed by atoms with E-state index < -0.39 is 46.2 Å². The number of nitrogens with one attached hydrogen (secondary N) is 4. The Morgan fingerprint density at radius 1 is 0.955 bits per heavy atom. The molecule has 0 unspecified atom stereocenters. The number of carbonyl (C=O) groups excluding carboxylic acids is 3. The van der Waals surface area contributed by atoms with Crippen molar-refractivity contribution in [1.29, 1.82) is 5.41 Å². The van der Waals surface area contributed by atoms with Gasteiger partial charge in [-0.3, -0.25) is 19.8 Å². The number of nitrogens with zero attached hydrogens (tertiary/aromatic N) is 1. The van der Waals surface area contributed by atoms with Crippen LogP contribution in [0.5, 0.6) is 5.75 Å². The van der Waals surface area contributed by atoms with Crippen LogP contribution in [0.4, 0.5) is 0 Å². The van der Waals surface area contributed by atoms with E-state index in [4.69, 9.17) is 15.9 Å². The number of likely N-dealkylation sites (tertiary alicyclic amines) is 1. The maximum Gasteiger partial charge on any atom is 0.243 e. The third-order valence-corrected chi connectivity index (χ3v) is 8.75. The van der Waals surface area contributed by atoms with Gasteiger partial charge < -0.3 is 26.0 Å². The number of nitrogens with two attached hydrogens (primary N) is 1. The lowest BCUT2D eigenvalue weighted by molar-refractivity contribution is -0.140. The summed E-state index contributed by atoms with van der Waals surface area (Å²) in [7, 11) is -2.77. The van der Waals surface area contributed by atoms with Gasteiger partial charge in [-0.2, -0.15) is 4.72 Å².